The summed E-state index contributed by atoms with van der Waals surface area (Å²) in [5, 5.41) is 2.62. The Hall–Kier alpha value is -2.22. The Balaban J connectivity index is 1.41. The quantitative estimate of drug-likeness (QED) is 0.753. The second-order valence-electron chi connectivity index (χ2n) is 7.68. The molecule has 0 aromatic heterocycles. The van der Waals surface area contributed by atoms with Gasteiger partial charge in [-0.25, -0.2) is 9.18 Å². The third-order valence-electron chi connectivity index (χ3n) is 5.96. The summed E-state index contributed by atoms with van der Waals surface area (Å²) in [7, 11) is 0. The summed E-state index contributed by atoms with van der Waals surface area (Å²) >= 11 is 5.08. The number of nitrogens with zero attached hydrogens (tertiary/aromatic N) is 1. The fraction of sp³-hybridized carbons (Fsp3) is 0.526. The van der Waals surface area contributed by atoms with E-state index in [0.29, 0.717) is 34.0 Å². The summed E-state index contributed by atoms with van der Waals surface area (Å²) in [6.07, 6.45) is 0.850. The Bertz CT molecular complexity index is 805. The SMILES string of the molecule is CC(=O)NC[C@H]1CN(c2ccc(C3C[C@@H]4C(C(N)=S)[C@@H]4C3)c(F)c2)C(=O)O1. The number of hydrogen-bond acceptors (Lipinski definition) is 4. The van der Waals surface area contributed by atoms with Crippen molar-refractivity contribution >= 4 is 34.9 Å². The maximum atomic E-state index is 14.7. The predicted octanol–water partition coefficient (Wildman–Crippen LogP) is 2.31. The van der Waals surface area contributed by atoms with Crippen molar-refractivity contribution in [3.8, 4) is 0 Å². The number of ether oxygens (including phenoxy) is 1. The molecule has 1 aromatic rings. The van der Waals surface area contributed by atoms with Crippen molar-refractivity contribution < 1.29 is 18.7 Å². The minimum atomic E-state index is -0.529. The molecule has 0 spiro atoms. The zero-order valence-corrected chi connectivity index (χ0v) is 15.8. The number of anilines is 1. The molecule has 6 nitrogen and oxygen atoms in total. The van der Waals surface area contributed by atoms with Gasteiger partial charge in [-0.15, -0.1) is 0 Å². The summed E-state index contributed by atoms with van der Waals surface area (Å²) in [5.74, 6) is 1.01. The van der Waals surface area contributed by atoms with E-state index in [1.165, 1.54) is 17.9 Å². The molecule has 27 heavy (non-hydrogen) atoms. The van der Waals surface area contributed by atoms with Gasteiger partial charge in [-0.3, -0.25) is 9.69 Å². The van der Waals surface area contributed by atoms with Crippen LogP contribution in [-0.4, -0.2) is 36.2 Å². The largest absolute Gasteiger partial charge is 0.442 e. The molecule has 8 heteroatoms. The van der Waals surface area contributed by atoms with Crippen LogP contribution in [0.5, 0.6) is 0 Å². The molecular weight excluding hydrogens is 369 g/mol. The van der Waals surface area contributed by atoms with E-state index in [4.69, 9.17) is 22.7 Å². The van der Waals surface area contributed by atoms with Gasteiger partial charge in [-0.2, -0.15) is 0 Å². The van der Waals surface area contributed by atoms with Crippen LogP contribution >= 0.6 is 12.2 Å². The Labute approximate surface area is 162 Å². The van der Waals surface area contributed by atoms with Gasteiger partial charge < -0.3 is 15.8 Å². The zero-order valence-electron chi connectivity index (χ0n) is 15.0. The van der Waals surface area contributed by atoms with Gasteiger partial charge in [0.15, 0.2) is 0 Å². The molecule has 4 rings (SSSR count). The number of hydrogen-bond donors (Lipinski definition) is 2. The van der Waals surface area contributed by atoms with Gasteiger partial charge in [0.25, 0.3) is 0 Å². The number of amides is 2. The fourth-order valence-electron chi connectivity index (χ4n) is 4.63. The first-order valence-electron chi connectivity index (χ1n) is 9.16. The van der Waals surface area contributed by atoms with Crippen molar-refractivity contribution in [3.05, 3.63) is 29.6 Å². The first kappa shape index (κ1) is 18.2. The zero-order chi connectivity index (χ0) is 19.3. The van der Waals surface area contributed by atoms with E-state index in [0.717, 1.165) is 12.8 Å². The molecule has 3 aliphatic rings. The number of fused-ring (bicyclic) bond motifs is 1. The molecule has 2 amide bonds. The summed E-state index contributed by atoms with van der Waals surface area (Å²) in [4.78, 5) is 25.1. The number of nitrogens with two attached hydrogens (primary N) is 1. The van der Waals surface area contributed by atoms with E-state index in [-0.39, 0.29) is 30.7 Å². The molecule has 1 heterocycles. The molecule has 1 aromatic carbocycles. The van der Waals surface area contributed by atoms with Crippen molar-refractivity contribution in [3.63, 3.8) is 0 Å². The normalized spacial score (nSPS) is 31.4. The Kier molecular flexibility index (Phi) is 4.53. The number of benzene rings is 1. The summed E-state index contributed by atoms with van der Waals surface area (Å²) in [5.41, 5.74) is 6.90. The number of thiocarbonyl (C=S) groups is 1. The second kappa shape index (κ2) is 6.74. The van der Waals surface area contributed by atoms with E-state index in [2.05, 4.69) is 5.32 Å². The maximum absolute atomic E-state index is 14.7. The van der Waals surface area contributed by atoms with Crippen LogP contribution in [0.15, 0.2) is 18.2 Å². The predicted molar refractivity (Wildman–Crippen MR) is 102 cm³/mol. The second-order valence-corrected chi connectivity index (χ2v) is 8.15. The molecule has 0 bridgehead atoms. The number of rotatable bonds is 5. The van der Waals surface area contributed by atoms with Crippen LogP contribution in [0.3, 0.4) is 0 Å². The van der Waals surface area contributed by atoms with Gasteiger partial charge in [0.2, 0.25) is 5.91 Å². The Morgan fingerprint density at radius 1 is 1.41 bits per heavy atom. The molecule has 1 saturated heterocycles. The molecule has 2 saturated carbocycles. The van der Waals surface area contributed by atoms with Crippen molar-refractivity contribution in [2.75, 3.05) is 18.0 Å². The van der Waals surface area contributed by atoms with Gasteiger partial charge in [0, 0.05) is 12.8 Å². The van der Waals surface area contributed by atoms with E-state index in [1.807, 2.05) is 0 Å². The van der Waals surface area contributed by atoms with Gasteiger partial charge in [0.05, 0.1) is 23.8 Å². The highest BCUT2D eigenvalue weighted by Gasteiger charge is 2.57. The van der Waals surface area contributed by atoms with Gasteiger partial charge in [-0.05, 0) is 48.3 Å². The lowest BCUT2D eigenvalue weighted by molar-refractivity contribution is -0.119. The maximum Gasteiger partial charge on any atom is 0.414 e. The van der Waals surface area contributed by atoms with Crippen molar-refractivity contribution in [2.24, 2.45) is 23.5 Å². The van der Waals surface area contributed by atoms with E-state index in [1.54, 1.807) is 12.1 Å². The van der Waals surface area contributed by atoms with E-state index < -0.39 is 12.2 Å². The van der Waals surface area contributed by atoms with Crippen LogP contribution < -0.4 is 16.0 Å². The number of cyclic esters (lactones) is 1. The third kappa shape index (κ3) is 3.38. The molecule has 2 aliphatic carbocycles. The lowest BCUT2D eigenvalue weighted by atomic mass is 9.91. The summed E-state index contributed by atoms with van der Waals surface area (Å²) < 4.78 is 20.0. The Morgan fingerprint density at radius 3 is 2.70 bits per heavy atom. The van der Waals surface area contributed by atoms with Crippen LogP contribution in [-0.2, 0) is 9.53 Å². The summed E-state index contributed by atoms with van der Waals surface area (Å²) in [6, 6.07) is 4.92. The van der Waals surface area contributed by atoms with Crippen molar-refractivity contribution in [2.45, 2.75) is 31.8 Å². The highest BCUT2D eigenvalue weighted by molar-refractivity contribution is 7.80. The molecule has 2 unspecified atom stereocenters. The molecule has 5 atom stereocenters. The van der Waals surface area contributed by atoms with Crippen molar-refractivity contribution in [1.29, 1.82) is 0 Å². The first-order valence-corrected chi connectivity index (χ1v) is 9.57. The summed E-state index contributed by atoms with van der Waals surface area (Å²) in [6.45, 7) is 1.92. The lowest BCUT2D eigenvalue weighted by Gasteiger charge is -2.18. The first-order chi connectivity index (χ1) is 12.8. The van der Waals surface area contributed by atoms with Crippen LogP contribution in [0.1, 0.15) is 31.2 Å². The third-order valence-corrected chi connectivity index (χ3v) is 6.23. The number of carbonyl (C=O) groups excluding carboxylic acids is 2. The molecular formula is C19H22FN3O3S. The van der Waals surface area contributed by atoms with Crippen LogP contribution in [0, 0.1) is 23.6 Å². The van der Waals surface area contributed by atoms with Crippen LogP contribution in [0.2, 0.25) is 0 Å². The standard InChI is InChI=1S/C19H22FN3O3S/c1-9(24)22-7-12-8-23(19(25)26-12)11-2-3-13(16(20)6-11)10-4-14-15(5-10)17(14)18(21)27/h2-3,6,10,12,14-15,17H,4-5,7-8H2,1H3,(H2,21,27)(H,22,24)/t10?,12-,14-,15+,17?/m0/s1. The highest BCUT2D eigenvalue weighted by atomic mass is 32.1. The van der Waals surface area contributed by atoms with Gasteiger partial charge >= 0.3 is 6.09 Å². The average Bonchev–Trinajstić information content (AvgIpc) is 2.94. The van der Waals surface area contributed by atoms with E-state index in [9.17, 15) is 14.0 Å². The average molecular weight is 391 g/mol. The van der Waals surface area contributed by atoms with E-state index >= 15 is 0 Å². The highest BCUT2D eigenvalue weighted by Crippen LogP contribution is 2.62. The molecule has 1 aliphatic heterocycles. The molecule has 0 radical (unpaired) electrons. The Morgan fingerprint density at radius 2 is 2.11 bits per heavy atom. The number of nitrogens with one attached hydrogen (secondary N) is 1. The lowest BCUT2D eigenvalue weighted by Crippen LogP contribution is -2.33. The molecule has 3 N–H and O–H groups in total. The van der Waals surface area contributed by atoms with Crippen molar-refractivity contribution in [1.82, 2.24) is 5.32 Å². The number of halogens is 1. The minimum absolute atomic E-state index is 0.178. The minimum Gasteiger partial charge on any atom is -0.442 e. The topological polar surface area (TPSA) is 84.7 Å². The molecule has 3 fully saturated rings. The van der Waals surface area contributed by atoms with Gasteiger partial charge in [0.1, 0.15) is 11.9 Å². The smallest absolute Gasteiger partial charge is 0.414 e. The van der Waals surface area contributed by atoms with Crippen LogP contribution in [0.4, 0.5) is 14.9 Å². The number of carbonyl (C=O) groups is 2. The van der Waals surface area contributed by atoms with Crippen LogP contribution in [0.25, 0.3) is 0 Å². The van der Waals surface area contributed by atoms with Gasteiger partial charge in [-0.1, -0.05) is 18.3 Å². The molecule has 144 valence electrons. The fourth-order valence-corrected chi connectivity index (χ4v) is 4.98. The monoisotopic (exact) mass is 391 g/mol.